The third kappa shape index (κ3) is 5.01. The van der Waals surface area contributed by atoms with Crippen molar-refractivity contribution in [2.45, 2.75) is 38.5 Å². The van der Waals surface area contributed by atoms with Crippen molar-refractivity contribution in [3.63, 3.8) is 0 Å². The molecule has 1 aliphatic carbocycles. The van der Waals surface area contributed by atoms with Gasteiger partial charge in [0.05, 0.1) is 0 Å². The number of benzene rings is 8. The fourth-order valence-corrected chi connectivity index (χ4v) is 9.04. The molecule has 4 bridgehead atoms. The molecule has 260 valence electrons. The predicted octanol–water partition coefficient (Wildman–Crippen LogP) is 14.3. The summed E-state index contributed by atoms with van der Waals surface area (Å²) in [6.45, 7) is 9.36. The van der Waals surface area contributed by atoms with Crippen molar-refractivity contribution in [2.75, 3.05) is 10.2 Å². The van der Waals surface area contributed by atoms with Crippen LogP contribution in [0.4, 0.5) is 28.4 Å². The van der Waals surface area contributed by atoms with Crippen molar-refractivity contribution in [1.82, 2.24) is 0 Å². The van der Waals surface area contributed by atoms with Gasteiger partial charge in [0.25, 0.3) is 0 Å². The highest BCUT2D eigenvalue weighted by Gasteiger charge is 2.35. The highest BCUT2D eigenvalue weighted by Crippen LogP contribution is 2.51. The van der Waals surface area contributed by atoms with Crippen LogP contribution in [0.1, 0.15) is 49.9 Å². The largest absolute Gasteiger partial charge is 0.355 e. The zero-order valence-electron chi connectivity index (χ0n) is 31.2. The highest BCUT2D eigenvalue weighted by molar-refractivity contribution is 6.07. The standard InChI is InChI=1S/C52H42N2/c1-51(2)35-15-13-16-37(31-35)53-50-23-11-9-21-45(50)43-28-27-41(42-26-24-36(51)32-46(42)43)34-14-12-19-39(30-34)54(38-17-6-5-7-18-38)40-25-29-49-47(33-40)44-20-8-10-22-48(44)52(49,3)4/h5-33,53H,1-4H3. The number of rotatable bonds is 4. The molecule has 0 aromatic heterocycles. The van der Waals surface area contributed by atoms with E-state index in [9.17, 15) is 0 Å². The van der Waals surface area contributed by atoms with E-state index in [4.69, 9.17) is 0 Å². The summed E-state index contributed by atoms with van der Waals surface area (Å²) in [6, 6.07) is 65.1. The maximum Gasteiger partial charge on any atom is 0.0468 e. The van der Waals surface area contributed by atoms with Gasteiger partial charge < -0.3 is 10.2 Å². The summed E-state index contributed by atoms with van der Waals surface area (Å²) < 4.78 is 0. The number of para-hydroxylation sites is 2. The lowest BCUT2D eigenvalue weighted by atomic mass is 9.77. The normalized spacial score (nSPS) is 14.4. The van der Waals surface area contributed by atoms with Crippen LogP contribution in [0.5, 0.6) is 0 Å². The Morgan fingerprint density at radius 2 is 1.07 bits per heavy atom. The second-order valence-corrected chi connectivity index (χ2v) is 15.9. The van der Waals surface area contributed by atoms with Crippen molar-refractivity contribution in [1.29, 1.82) is 0 Å². The summed E-state index contributed by atoms with van der Waals surface area (Å²) in [7, 11) is 0. The van der Waals surface area contributed by atoms with Gasteiger partial charge in [-0.2, -0.15) is 0 Å². The molecule has 0 amide bonds. The molecule has 0 saturated carbocycles. The van der Waals surface area contributed by atoms with E-state index in [2.05, 4.69) is 214 Å². The second-order valence-electron chi connectivity index (χ2n) is 15.9. The molecule has 0 spiro atoms. The summed E-state index contributed by atoms with van der Waals surface area (Å²) in [4.78, 5) is 2.40. The van der Waals surface area contributed by atoms with Crippen LogP contribution in [0.15, 0.2) is 176 Å². The molecule has 0 radical (unpaired) electrons. The number of hydrogen-bond acceptors (Lipinski definition) is 2. The van der Waals surface area contributed by atoms with Crippen LogP contribution in [0.3, 0.4) is 0 Å². The highest BCUT2D eigenvalue weighted by atomic mass is 15.1. The van der Waals surface area contributed by atoms with Crippen LogP contribution in [0.2, 0.25) is 0 Å². The van der Waals surface area contributed by atoms with Gasteiger partial charge in [-0.1, -0.05) is 143 Å². The van der Waals surface area contributed by atoms with Gasteiger partial charge in [-0.25, -0.2) is 0 Å². The molecule has 0 saturated heterocycles. The minimum Gasteiger partial charge on any atom is -0.355 e. The molecule has 2 aliphatic rings. The Kier molecular flexibility index (Phi) is 7.22. The average Bonchev–Trinajstić information content (AvgIpc) is 3.43. The van der Waals surface area contributed by atoms with Gasteiger partial charge in [-0.05, 0) is 122 Å². The molecule has 8 aromatic carbocycles. The van der Waals surface area contributed by atoms with Gasteiger partial charge in [0.15, 0.2) is 0 Å². The third-order valence-corrected chi connectivity index (χ3v) is 12.1. The minimum absolute atomic E-state index is 0.0394. The Labute approximate surface area is 318 Å². The Hall–Kier alpha value is -6.38. The van der Waals surface area contributed by atoms with Crippen LogP contribution in [0.25, 0.3) is 44.2 Å². The van der Waals surface area contributed by atoms with Crippen molar-refractivity contribution >= 4 is 39.2 Å². The monoisotopic (exact) mass is 694 g/mol. The topological polar surface area (TPSA) is 15.3 Å². The third-order valence-electron chi connectivity index (χ3n) is 12.1. The molecule has 2 heteroatoms. The molecule has 54 heavy (non-hydrogen) atoms. The van der Waals surface area contributed by atoms with Crippen molar-refractivity contribution in [3.05, 3.63) is 198 Å². The van der Waals surface area contributed by atoms with Gasteiger partial charge in [0, 0.05) is 44.8 Å². The van der Waals surface area contributed by atoms with Crippen molar-refractivity contribution < 1.29 is 0 Å². The lowest BCUT2D eigenvalue weighted by Crippen LogP contribution is -2.18. The van der Waals surface area contributed by atoms with E-state index in [0.29, 0.717) is 0 Å². The fraction of sp³-hybridized carbons (Fsp3) is 0.115. The average molecular weight is 695 g/mol. The molecule has 1 N–H and O–H groups in total. The molecule has 1 heterocycles. The molecule has 10 rings (SSSR count). The van der Waals surface area contributed by atoms with Crippen LogP contribution in [-0.4, -0.2) is 0 Å². The second kappa shape index (κ2) is 12.1. The summed E-state index contributed by atoms with van der Waals surface area (Å²) >= 11 is 0. The molecular weight excluding hydrogens is 653 g/mol. The molecule has 0 atom stereocenters. The van der Waals surface area contributed by atoms with E-state index in [1.807, 2.05) is 0 Å². The van der Waals surface area contributed by atoms with E-state index < -0.39 is 0 Å². The fourth-order valence-electron chi connectivity index (χ4n) is 9.04. The van der Waals surface area contributed by atoms with E-state index in [1.54, 1.807) is 0 Å². The number of hydrogen-bond donors (Lipinski definition) is 1. The number of fused-ring (bicyclic) bond motifs is 8. The lowest BCUT2D eigenvalue weighted by molar-refractivity contribution is 0.642. The molecule has 8 aromatic rings. The van der Waals surface area contributed by atoms with Crippen LogP contribution >= 0.6 is 0 Å². The van der Waals surface area contributed by atoms with Crippen molar-refractivity contribution in [3.8, 4) is 33.4 Å². The summed E-state index contributed by atoms with van der Waals surface area (Å²) in [5.41, 5.74) is 18.2. The summed E-state index contributed by atoms with van der Waals surface area (Å²) in [5, 5.41) is 6.27. The number of nitrogens with one attached hydrogen (secondary N) is 1. The minimum atomic E-state index is -0.183. The molecule has 1 aliphatic heterocycles. The number of nitrogens with zero attached hydrogens (tertiary/aromatic N) is 1. The number of anilines is 5. The van der Waals surface area contributed by atoms with Gasteiger partial charge in [0.1, 0.15) is 0 Å². The first-order valence-corrected chi connectivity index (χ1v) is 19.0. The maximum atomic E-state index is 3.77. The zero-order valence-corrected chi connectivity index (χ0v) is 31.2. The van der Waals surface area contributed by atoms with E-state index in [0.717, 1.165) is 28.4 Å². The smallest absolute Gasteiger partial charge is 0.0468 e. The maximum absolute atomic E-state index is 3.77. The first-order valence-electron chi connectivity index (χ1n) is 19.0. The molecule has 0 fully saturated rings. The Morgan fingerprint density at radius 1 is 0.389 bits per heavy atom. The molecule has 2 nitrogen and oxygen atoms in total. The van der Waals surface area contributed by atoms with Gasteiger partial charge in [-0.3, -0.25) is 0 Å². The van der Waals surface area contributed by atoms with Crippen LogP contribution in [-0.2, 0) is 10.8 Å². The van der Waals surface area contributed by atoms with Gasteiger partial charge in [-0.15, -0.1) is 0 Å². The first-order chi connectivity index (χ1) is 26.3. The summed E-state index contributed by atoms with van der Waals surface area (Å²) in [5.74, 6) is 0. The first kappa shape index (κ1) is 32.3. The van der Waals surface area contributed by atoms with Gasteiger partial charge in [0.2, 0.25) is 0 Å². The predicted molar refractivity (Wildman–Crippen MR) is 229 cm³/mol. The van der Waals surface area contributed by atoms with Crippen LogP contribution in [0, 0.1) is 0 Å². The van der Waals surface area contributed by atoms with Crippen LogP contribution < -0.4 is 10.2 Å². The van der Waals surface area contributed by atoms with E-state index in [1.165, 1.54) is 66.4 Å². The van der Waals surface area contributed by atoms with Gasteiger partial charge >= 0.3 is 0 Å². The SMILES string of the molecule is CC1(C)c2cccc(c2)Nc2ccccc2-c2ccc(-c3cccc(N(c4ccccc4)c4ccc5c(c4)-c4ccccc4C5(C)C)c3)c3ccc1cc23. The quantitative estimate of drug-likeness (QED) is 0.197. The Balaban J connectivity index is 1.15. The lowest BCUT2D eigenvalue weighted by Gasteiger charge is -2.28. The van der Waals surface area contributed by atoms with Crippen molar-refractivity contribution in [2.24, 2.45) is 0 Å². The molecular formula is C52H42N2. The van der Waals surface area contributed by atoms with E-state index >= 15 is 0 Å². The molecule has 0 unspecified atom stereocenters. The Bertz CT molecular complexity index is 2750. The Morgan fingerprint density at radius 3 is 1.94 bits per heavy atom. The van der Waals surface area contributed by atoms with E-state index in [-0.39, 0.29) is 10.8 Å². The zero-order chi connectivity index (χ0) is 36.6. The summed E-state index contributed by atoms with van der Waals surface area (Å²) in [6.07, 6.45) is 0.